The summed E-state index contributed by atoms with van der Waals surface area (Å²) >= 11 is 1.84. The minimum Gasteiger partial charge on any atom is -0.324 e. The SMILES string of the molecule is CCC[C@H](N)c1cc(C)sc1C. The summed E-state index contributed by atoms with van der Waals surface area (Å²) in [4.78, 5) is 2.75. The Balaban J connectivity index is 2.79. The number of aryl methyl sites for hydroxylation is 2. The van der Waals surface area contributed by atoms with Crippen LogP contribution in [0.2, 0.25) is 0 Å². The van der Waals surface area contributed by atoms with Gasteiger partial charge in [0.25, 0.3) is 0 Å². The molecule has 0 unspecified atom stereocenters. The Morgan fingerprint density at radius 3 is 2.58 bits per heavy atom. The predicted octanol–water partition coefficient (Wildman–Crippen LogP) is 3.16. The molecule has 1 atom stereocenters. The number of rotatable bonds is 3. The van der Waals surface area contributed by atoms with Crippen LogP contribution in [0.25, 0.3) is 0 Å². The summed E-state index contributed by atoms with van der Waals surface area (Å²) in [6.07, 6.45) is 2.26. The van der Waals surface area contributed by atoms with E-state index in [0.29, 0.717) is 0 Å². The average Bonchev–Trinajstić information content (AvgIpc) is 2.30. The molecule has 0 aromatic carbocycles. The van der Waals surface area contributed by atoms with E-state index in [1.54, 1.807) is 0 Å². The highest BCUT2D eigenvalue weighted by Gasteiger charge is 2.09. The van der Waals surface area contributed by atoms with E-state index in [0.717, 1.165) is 12.8 Å². The Morgan fingerprint density at radius 1 is 1.50 bits per heavy atom. The molecule has 0 spiro atoms. The Morgan fingerprint density at radius 2 is 2.17 bits per heavy atom. The van der Waals surface area contributed by atoms with Crippen LogP contribution in [0.1, 0.15) is 41.1 Å². The number of nitrogens with two attached hydrogens (primary N) is 1. The van der Waals surface area contributed by atoms with E-state index in [4.69, 9.17) is 5.73 Å². The van der Waals surface area contributed by atoms with Crippen molar-refractivity contribution in [3.8, 4) is 0 Å². The van der Waals surface area contributed by atoms with Gasteiger partial charge in [0, 0.05) is 15.8 Å². The lowest BCUT2D eigenvalue weighted by molar-refractivity contribution is 0.637. The minimum absolute atomic E-state index is 0.250. The zero-order chi connectivity index (χ0) is 9.14. The van der Waals surface area contributed by atoms with Crippen molar-refractivity contribution in [2.24, 2.45) is 5.73 Å². The molecule has 1 aromatic rings. The molecular weight excluding hydrogens is 166 g/mol. The van der Waals surface area contributed by atoms with Crippen molar-refractivity contribution in [1.29, 1.82) is 0 Å². The van der Waals surface area contributed by atoms with E-state index in [1.165, 1.54) is 15.3 Å². The first-order valence-corrected chi connectivity index (χ1v) is 5.29. The Kier molecular flexibility index (Phi) is 3.29. The molecule has 1 heterocycles. The van der Waals surface area contributed by atoms with Gasteiger partial charge in [0.2, 0.25) is 0 Å². The molecule has 0 fully saturated rings. The minimum atomic E-state index is 0.250. The summed E-state index contributed by atoms with van der Waals surface area (Å²) < 4.78 is 0. The smallest absolute Gasteiger partial charge is 0.0305 e. The van der Waals surface area contributed by atoms with Crippen molar-refractivity contribution >= 4 is 11.3 Å². The fraction of sp³-hybridized carbons (Fsp3) is 0.600. The van der Waals surface area contributed by atoms with Gasteiger partial charge in [-0.25, -0.2) is 0 Å². The van der Waals surface area contributed by atoms with Crippen molar-refractivity contribution in [3.63, 3.8) is 0 Å². The normalized spacial score (nSPS) is 13.3. The van der Waals surface area contributed by atoms with Crippen LogP contribution in [0, 0.1) is 13.8 Å². The Labute approximate surface area is 78.6 Å². The Hall–Kier alpha value is -0.340. The van der Waals surface area contributed by atoms with Crippen molar-refractivity contribution in [3.05, 3.63) is 21.4 Å². The van der Waals surface area contributed by atoms with Gasteiger partial charge < -0.3 is 5.73 Å². The molecule has 0 aliphatic heterocycles. The summed E-state index contributed by atoms with van der Waals surface area (Å²) in [5, 5.41) is 0. The third kappa shape index (κ3) is 2.08. The van der Waals surface area contributed by atoms with Gasteiger partial charge in [0.05, 0.1) is 0 Å². The highest BCUT2D eigenvalue weighted by atomic mass is 32.1. The summed E-state index contributed by atoms with van der Waals surface area (Å²) in [5.41, 5.74) is 7.37. The molecule has 0 aliphatic carbocycles. The second kappa shape index (κ2) is 4.06. The van der Waals surface area contributed by atoms with Crippen LogP contribution in [0.4, 0.5) is 0 Å². The lowest BCUT2D eigenvalue weighted by Gasteiger charge is -2.08. The van der Waals surface area contributed by atoms with Crippen LogP contribution >= 0.6 is 11.3 Å². The van der Waals surface area contributed by atoms with Gasteiger partial charge in [-0.15, -0.1) is 11.3 Å². The molecule has 0 saturated heterocycles. The molecule has 0 radical (unpaired) electrons. The Bertz CT molecular complexity index is 252. The van der Waals surface area contributed by atoms with E-state index in [9.17, 15) is 0 Å². The van der Waals surface area contributed by atoms with E-state index in [2.05, 4.69) is 26.8 Å². The van der Waals surface area contributed by atoms with E-state index in [1.807, 2.05) is 11.3 Å². The first-order chi connectivity index (χ1) is 5.65. The summed E-state index contributed by atoms with van der Waals surface area (Å²) in [7, 11) is 0. The van der Waals surface area contributed by atoms with Crippen LogP contribution in [-0.4, -0.2) is 0 Å². The van der Waals surface area contributed by atoms with Crippen LogP contribution in [0.3, 0.4) is 0 Å². The quantitative estimate of drug-likeness (QED) is 0.765. The van der Waals surface area contributed by atoms with E-state index in [-0.39, 0.29) is 6.04 Å². The third-order valence-electron chi connectivity index (χ3n) is 2.08. The highest BCUT2D eigenvalue weighted by molar-refractivity contribution is 7.12. The van der Waals surface area contributed by atoms with Crippen molar-refractivity contribution in [2.75, 3.05) is 0 Å². The summed E-state index contributed by atoms with van der Waals surface area (Å²) in [5.74, 6) is 0. The molecular formula is C10H17NS. The maximum atomic E-state index is 6.03. The fourth-order valence-corrected chi connectivity index (χ4v) is 2.48. The zero-order valence-corrected chi connectivity index (χ0v) is 8.87. The first-order valence-electron chi connectivity index (χ1n) is 4.47. The second-order valence-electron chi connectivity index (χ2n) is 3.26. The van der Waals surface area contributed by atoms with Crippen molar-refractivity contribution in [1.82, 2.24) is 0 Å². The van der Waals surface area contributed by atoms with Gasteiger partial charge in [-0.3, -0.25) is 0 Å². The topological polar surface area (TPSA) is 26.0 Å². The molecule has 1 nitrogen and oxygen atoms in total. The van der Waals surface area contributed by atoms with Crippen molar-refractivity contribution < 1.29 is 0 Å². The molecule has 0 saturated carbocycles. The number of hydrogen-bond donors (Lipinski definition) is 1. The molecule has 1 aromatic heterocycles. The zero-order valence-electron chi connectivity index (χ0n) is 8.05. The van der Waals surface area contributed by atoms with Gasteiger partial charge in [-0.1, -0.05) is 13.3 Å². The van der Waals surface area contributed by atoms with Gasteiger partial charge in [-0.2, -0.15) is 0 Å². The maximum absolute atomic E-state index is 6.03. The van der Waals surface area contributed by atoms with E-state index < -0.39 is 0 Å². The molecule has 2 heteroatoms. The third-order valence-corrected chi connectivity index (χ3v) is 3.06. The number of hydrogen-bond acceptors (Lipinski definition) is 2. The first kappa shape index (κ1) is 9.75. The largest absolute Gasteiger partial charge is 0.324 e. The predicted molar refractivity (Wildman–Crippen MR) is 55.6 cm³/mol. The molecule has 2 N–H and O–H groups in total. The summed E-state index contributed by atoms with van der Waals surface area (Å²) in [6, 6.07) is 2.47. The average molecular weight is 183 g/mol. The second-order valence-corrected chi connectivity index (χ2v) is 4.72. The standard InChI is InChI=1S/C10H17NS/c1-4-5-10(11)9-6-7(2)12-8(9)3/h6,10H,4-5,11H2,1-3H3/t10-/m0/s1. The monoisotopic (exact) mass is 183 g/mol. The molecule has 68 valence electrons. The van der Waals surface area contributed by atoms with Gasteiger partial charge >= 0.3 is 0 Å². The van der Waals surface area contributed by atoms with E-state index >= 15 is 0 Å². The maximum Gasteiger partial charge on any atom is 0.0305 e. The highest BCUT2D eigenvalue weighted by Crippen LogP contribution is 2.27. The van der Waals surface area contributed by atoms with Crippen LogP contribution in [0.15, 0.2) is 6.07 Å². The van der Waals surface area contributed by atoms with Crippen LogP contribution in [-0.2, 0) is 0 Å². The van der Waals surface area contributed by atoms with Gasteiger partial charge in [0.1, 0.15) is 0 Å². The molecule has 0 amide bonds. The molecule has 12 heavy (non-hydrogen) atoms. The molecule has 1 rings (SSSR count). The molecule has 0 aliphatic rings. The van der Waals surface area contributed by atoms with Crippen molar-refractivity contribution in [2.45, 2.75) is 39.7 Å². The molecule has 0 bridgehead atoms. The van der Waals surface area contributed by atoms with Crippen LogP contribution < -0.4 is 5.73 Å². The van der Waals surface area contributed by atoms with Gasteiger partial charge in [-0.05, 0) is 31.9 Å². The van der Waals surface area contributed by atoms with Gasteiger partial charge in [0.15, 0.2) is 0 Å². The number of thiophene rings is 1. The van der Waals surface area contributed by atoms with Crippen LogP contribution in [0.5, 0.6) is 0 Å². The lowest BCUT2D eigenvalue weighted by Crippen LogP contribution is -2.09. The lowest BCUT2D eigenvalue weighted by atomic mass is 10.0. The summed E-state index contributed by atoms with van der Waals surface area (Å²) in [6.45, 7) is 6.47. The fourth-order valence-electron chi connectivity index (χ4n) is 1.49.